The van der Waals surface area contributed by atoms with Crippen LogP contribution in [-0.4, -0.2) is 20.7 Å². The minimum Gasteiger partial charge on any atom is -0.345 e. The van der Waals surface area contributed by atoms with Gasteiger partial charge in [0.25, 0.3) is 5.91 Å². The summed E-state index contributed by atoms with van der Waals surface area (Å²) in [5.41, 5.74) is 2.29. The first-order chi connectivity index (χ1) is 17.5. The fourth-order valence-electron chi connectivity index (χ4n) is 3.71. The molecule has 4 aromatic rings. The van der Waals surface area contributed by atoms with E-state index in [1.807, 2.05) is 42.5 Å². The number of thioether (sulfide) groups is 1. The number of aromatic nitrogens is 3. The Morgan fingerprint density at radius 2 is 1.59 bits per heavy atom. The summed E-state index contributed by atoms with van der Waals surface area (Å²) in [4.78, 5) is 12.8. The Balaban J connectivity index is 1.52. The highest BCUT2D eigenvalue weighted by atomic mass is 32.2. The topological polar surface area (TPSA) is 59.8 Å². The molecule has 37 heavy (non-hydrogen) atoms. The third kappa shape index (κ3) is 6.60. The Bertz CT molecular complexity index is 1360. The van der Waals surface area contributed by atoms with Crippen molar-refractivity contribution in [2.24, 2.45) is 0 Å². The number of halogens is 3. The van der Waals surface area contributed by atoms with Crippen LogP contribution in [-0.2, 0) is 23.9 Å². The van der Waals surface area contributed by atoms with Crippen LogP contribution in [0.5, 0.6) is 0 Å². The summed E-state index contributed by atoms with van der Waals surface area (Å²) < 4.78 is 41.1. The van der Waals surface area contributed by atoms with Crippen molar-refractivity contribution in [1.82, 2.24) is 20.1 Å². The van der Waals surface area contributed by atoms with Gasteiger partial charge in [-0.15, -0.1) is 10.2 Å². The highest BCUT2D eigenvalue weighted by molar-refractivity contribution is 7.98. The molecule has 0 atom stereocenters. The van der Waals surface area contributed by atoms with Gasteiger partial charge in [-0.05, 0) is 46.9 Å². The SMILES string of the molecule is CC(C)(C)c1ccc(C(=O)NCc2nnc(SCc3cccc(C(F)(F)F)c3)n2-c2ccccc2)cc1. The van der Waals surface area contributed by atoms with Crippen molar-refractivity contribution < 1.29 is 18.0 Å². The molecule has 0 radical (unpaired) electrons. The molecule has 1 amide bonds. The van der Waals surface area contributed by atoms with Gasteiger partial charge in [-0.25, -0.2) is 0 Å². The van der Waals surface area contributed by atoms with Gasteiger partial charge in [-0.2, -0.15) is 13.2 Å². The number of carbonyl (C=O) groups excluding carboxylic acids is 1. The van der Waals surface area contributed by atoms with Crippen LogP contribution < -0.4 is 5.32 Å². The third-order valence-corrected chi connectivity index (χ3v) is 6.76. The molecule has 0 aliphatic rings. The summed E-state index contributed by atoms with van der Waals surface area (Å²) in [6.45, 7) is 6.47. The molecule has 0 aliphatic carbocycles. The molecule has 0 bridgehead atoms. The number of hydrogen-bond donors (Lipinski definition) is 1. The zero-order valence-electron chi connectivity index (χ0n) is 20.7. The smallest absolute Gasteiger partial charge is 0.345 e. The van der Waals surface area contributed by atoms with Gasteiger partial charge < -0.3 is 5.32 Å². The number of amides is 1. The molecule has 0 unspecified atom stereocenters. The van der Waals surface area contributed by atoms with Gasteiger partial charge in [0, 0.05) is 17.0 Å². The van der Waals surface area contributed by atoms with Crippen LogP contribution in [0.3, 0.4) is 0 Å². The second kappa shape index (κ2) is 10.8. The van der Waals surface area contributed by atoms with Gasteiger partial charge in [0.1, 0.15) is 0 Å². The zero-order valence-corrected chi connectivity index (χ0v) is 21.5. The summed E-state index contributed by atoms with van der Waals surface area (Å²) >= 11 is 1.28. The van der Waals surface area contributed by atoms with Crippen molar-refractivity contribution in [2.75, 3.05) is 0 Å². The molecule has 0 saturated carbocycles. The Labute approximate surface area is 218 Å². The van der Waals surface area contributed by atoms with Gasteiger partial charge in [-0.3, -0.25) is 9.36 Å². The molecule has 9 heteroatoms. The molecular formula is C28H27F3N4OS. The normalized spacial score (nSPS) is 11.9. The first-order valence-electron chi connectivity index (χ1n) is 11.7. The van der Waals surface area contributed by atoms with Crippen molar-refractivity contribution in [2.45, 2.75) is 49.8 Å². The monoisotopic (exact) mass is 524 g/mol. The average molecular weight is 525 g/mol. The summed E-state index contributed by atoms with van der Waals surface area (Å²) in [6.07, 6.45) is -4.40. The van der Waals surface area contributed by atoms with Gasteiger partial charge in [0.05, 0.1) is 12.1 Å². The van der Waals surface area contributed by atoms with Crippen molar-refractivity contribution in [3.8, 4) is 5.69 Å². The maximum Gasteiger partial charge on any atom is 0.416 e. The van der Waals surface area contributed by atoms with Crippen LogP contribution in [0, 0.1) is 0 Å². The van der Waals surface area contributed by atoms with Crippen LogP contribution in [0.25, 0.3) is 5.69 Å². The van der Waals surface area contributed by atoms with Crippen LogP contribution >= 0.6 is 11.8 Å². The molecule has 192 valence electrons. The average Bonchev–Trinajstić information content (AvgIpc) is 3.28. The second-order valence-electron chi connectivity index (χ2n) is 9.57. The van der Waals surface area contributed by atoms with E-state index in [1.165, 1.54) is 17.8 Å². The van der Waals surface area contributed by atoms with E-state index in [9.17, 15) is 18.0 Å². The molecule has 0 fully saturated rings. The van der Waals surface area contributed by atoms with Gasteiger partial charge in [-0.1, -0.05) is 81.1 Å². The standard InChI is InChI=1S/C28H27F3N4OS/c1-27(2,3)21-14-12-20(13-15-21)25(36)32-17-24-33-34-26(35(24)23-10-5-4-6-11-23)37-18-19-8-7-9-22(16-19)28(29,30)31/h4-16H,17-18H2,1-3H3,(H,32,36). The lowest BCUT2D eigenvalue weighted by Crippen LogP contribution is -2.25. The lowest BCUT2D eigenvalue weighted by atomic mass is 9.87. The van der Waals surface area contributed by atoms with E-state index in [1.54, 1.807) is 22.8 Å². The van der Waals surface area contributed by atoms with Gasteiger partial charge >= 0.3 is 6.18 Å². The number of alkyl halides is 3. The zero-order chi connectivity index (χ0) is 26.6. The van der Waals surface area contributed by atoms with E-state index in [0.29, 0.717) is 22.1 Å². The van der Waals surface area contributed by atoms with E-state index in [4.69, 9.17) is 0 Å². The molecule has 1 N–H and O–H groups in total. The summed E-state index contributed by atoms with van der Waals surface area (Å²) in [5, 5.41) is 12.0. The molecule has 0 spiro atoms. The Hall–Kier alpha value is -3.59. The maximum absolute atomic E-state index is 13.1. The third-order valence-electron chi connectivity index (χ3n) is 5.76. The van der Waals surface area contributed by atoms with Crippen molar-refractivity contribution in [3.05, 3.63) is 107 Å². The molecule has 5 nitrogen and oxygen atoms in total. The number of nitrogens with one attached hydrogen (secondary N) is 1. The minimum atomic E-state index is -4.40. The molecule has 0 aliphatic heterocycles. The number of benzene rings is 3. The number of para-hydroxylation sites is 1. The van der Waals surface area contributed by atoms with Crippen LogP contribution in [0.1, 0.15) is 53.6 Å². The lowest BCUT2D eigenvalue weighted by Gasteiger charge is -2.19. The number of nitrogens with zero attached hydrogens (tertiary/aromatic N) is 3. The highest BCUT2D eigenvalue weighted by Crippen LogP contribution is 2.31. The molecule has 1 heterocycles. The first kappa shape index (κ1) is 26.5. The predicted octanol–water partition coefficient (Wildman–Crippen LogP) is 6.81. The maximum atomic E-state index is 13.1. The Kier molecular flexibility index (Phi) is 7.73. The van der Waals surface area contributed by atoms with E-state index in [-0.39, 0.29) is 23.6 Å². The molecule has 1 aromatic heterocycles. The van der Waals surface area contributed by atoms with E-state index in [0.717, 1.165) is 23.4 Å². The van der Waals surface area contributed by atoms with Crippen molar-refractivity contribution in [3.63, 3.8) is 0 Å². The quantitative estimate of drug-likeness (QED) is 0.270. The Morgan fingerprint density at radius 3 is 2.24 bits per heavy atom. The fraction of sp³-hybridized carbons (Fsp3) is 0.250. The van der Waals surface area contributed by atoms with E-state index >= 15 is 0 Å². The van der Waals surface area contributed by atoms with Gasteiger partial charge in [0.2, 0.25) is 0 Å². The molecule has 3 aromatic carbocycles. The van der Waals surface area contributed by atoms with Crippen molar-refractivity contribution >= 4 is 17.7 Å². The fourth-order valence-corrected chi connectivity index (χ4v) is 4.63. The lowest BCUT2D eigenvalue weighted by molar-refractivity contribution is -0.137. The number of hydrogen-bond acceptors (Lipinski definition) is 4. The summed E-state index contributed by atoms with van der Waals surface area (Å²) in [5.74, 6) is 0.556. The summed E-state index contributed by atoms with van der Waals surface area (Å²) in [7, 11) is 0. The molecular weight excluding hydrogens is 497 g/mol. The van der Waals surface area contributed by atoms with Crippen LogP contribution in [0.2, 0.25) is 0 Å². The largest absolute Gasteiger partial charge is 0.416 e. The Morgan fingerprint density at radius 1 is 0.892 bits per heavy atom. The highest BCUT2D eigenvalue weighted by Gasteiger charge is 2.30. The van der Waals surface area contributed by atoms with Crippen molar-refractivity contribution in [1.29, 1.82) is 0 Å². The van der Waals surface area contributed by atoms with Crippen LogP contribution in [0.15, 0.2) is 84.0 Å². The van der Waals surface area contributed by atoms with E-state index < -0.39 is 11.7 Å². The van der Waals surface area contributed by atoms with Gasteiger partial charge in [0.15, 0.2) is 11.0 Å². The second-order valence-corrected chi connectivity index (χ2v) is 10.5. The van der Waals surface area contributed by atoms with Crippen LogP contribution in [0.4, 0.5) is 13.2 Å². The first-order valence-corrected chi connectivity index (χ1v) is 12.7. The minimum absolute atomic E-state index is 0.0107. The number of carbonyl (C=O) groups is 1. The number of rotatable bonds is 7. The summed E-state index contributed by atoms with van der Waals surface area (Å²) in [6, 6.07) is 22.1. The molecule has 4 rings (SSSR count). The van der Waals surface area contributed by atoms with E-state index in [2.05, 4.69) is 36.3 Å². The predicted molar refractivity (Wildman–Crippen MR) is 139 cm³/mol. The molecule has 0 saturated heterocycles.